The Kier molecular flexibility index (Phi) is 2.04. The van der Waals surface area contributed by atoms with Crippen LogP contribution < -0.4 is 5.11 Å². The van der Waals surface area contributed by atoms with E-state index in [4.69, 9.17) is 0 Å². The first-order valence-corrected chi connectivity index (χ1v) is 2.97. The number of hydrogen-bond donors (Lipinski definition) is 0. The Bertz CT molecular complexity index is 318. The molecule has 0 aliphatic rings. The molecule has 0 aliphatic carbocycles. The first-order valence-electron chi connectivity index (χ1n) is 2.97. The van der Waals surface area contributed by atoms with E-state index >= 15 is 0 Å². The predicted molar refractivity (Wildman–Crippen MR) is 33.9 cm³/mol. The Hall–Kier alpha value is -1.92. The van der Waals surface area contributed by atoms with Gasteiger partial charge in [0.25, 0.3) is 0 Å². The van der Waals surface area contributed by atoms with Gasteiger partial charge >= 0.3 is 5.82 Å². The molecular weight excluding hydrogens is 166 g/mol. The number of aromatic nitrogens is 2. The highest BCUT2D eigenvalue weighted by molar-refractivity contribution is 5.63. The topological polar surface area (TPSA) is 101 Å². The largest absolute Gasteiger partial charge is 0.548 e. The quantitative estimate of drug-likeness (QED) is 0.407. The van der Waals surface area contributed by atoms with Gasteiger partial charge in [-0.1, -0.05) is 0 Å². The van der Waals surface area contributed by atoms with Crippen LogP contribution in [0.1, 0.15) is 0 Å². The van der Waals surface area contributed by atoms with Gasteiger partial charge in [0.15, 0.2) is 0 Å². The first kappa shape index (κ1) is 8.18. The molecule has 0 atom stereocenters. The number of carbonyl (C=O) groups excluding carboxylic acids is 1. The van der Waals surface area contributed by atoms with Crippen LogP contribution in [-0.2, 0) is 11.3 Å². The average molecular weight is 170 g/mol. The summed E-state index contributed by atoms with van der Waals surface area (Å²) in [5, 5.41) is 23.4. The number of aliphatic carboxylic acids is 1. The van der Waals surface area contributed by atoms with E-state index in [1.807, 2.05) is 0 Å². The minimum absolute atomic E-state index is 0.378. The zero-order valence-electron chi connectivity index (χ0n) is 5.84. The molecule has 1 heterocycles. The molecule has 1 aromatic rings. The van der Waals surface area contributed by atoms with Crippen molar-refractivity contribution in [2.75, 3.05) is 0 Å². The van der Waals surface area contributed by atoms with Gasteiger partial charge in [-0.05, 0) is 4.92 Å². The van der Waals surface area contributed by atoms with Gasteiger partial charge in [0.1, 0.15) is 6.54 Å². The van der Waals surface area contributed by atoms with Gasteiger partial charge in [0.2, 0.25) is 0 Å². The van der Waals surface area contributed by atoms with Crippen molar-refractivity contribution in [2.24, 2.45) is 0 Å². The minimum Gasteiger partial charge on any atom is -0.548 e. The fraction of sp³-hybridized carbons (Fsp3) is 0.200. The lowest BCUT2D eigenvalue weighted by Gasteiger charge is -1.95. The molecule has 0 bridgehead atoms. The minimum atomic E-state index is -1.34. The van der Waals surface area contributed by atoms with E-state index in [1.165, 1.54) is 6.20 Å². The zero-order chi connectivity index (χ0) is 9.14. The second kappa shape index (κ2) is 2.99. The molecule has 0 spiro atoms. The van der Waals surface area contributed by atoms with Crippen LogP contribution in [-0.4, -0.2) is 20.7 Å². The molecule has 0 aliphatic heterocycles. The highest BCUT2D eigenvalue weighted by Crippen LogP contribution is 2.04. The molecule has 12 heavy (non-hydrogen) atoms. The summed E-state index contributed by atoms with van der Waals surface area (Å²) in [7, 11) is 0. The maximum Gasteiger partial charge on any atom is 0.389 e. The summed E-state index contributed by atoms with van der Waals surface area (Å²) < 4.78 is 0.924. The molecule has 7 nitrogen and oxygen atoms in total. The van der Waals surface area contributed by atoms with E-state index in [9.17, 15) is 20.0 Å². The van der Waals surface area contributed by atoms with Gasteiger partial charge in [-0.25, -0.2) is 0 Å². The number of carbonyl (C=O) groups is 1. The lowest BCUT2D eigenvalue weighted by atomic mass is 10.6. The number of nitro groups is 1. The van der Waals surface area contributed by atoms with Gasteiger partial charge in [0.05, 0.1) is 23.3 Å². The molecule has 1 rings (SSSR count). The van der Waals surface area contributed by atoms with E-state index in [2.05, 4.69) is 5.10 Å². The van der Waals surface area contributed by atoms with Crippen molar-refractivity contribution in [2.45, 2.75) is 6.54 Å². The molecule has 0 unspecified atom stereocenters. The highest BCUT2D eigenvalue weighted by atomic mass is 16.6. The van der Waals surface area contributed by atoms with Crippen LogP contribution in [0.3, 0.4) is 0 Å². The number of rotatable bonds is 3. The van der Waals surface area contributed by atoms with Crippen LogP contribution in [0, 0.1) is 10.1 Å². The van der Waals surface area contributed by atoms with Crippen molar-refractivity contribution in [1.82, 2.24) is 9.78 Å². The fourth-order valence-corrected chi connectivity index (χ4v) is 0.669. The summed E-state index contributed by atoms with van der Waals surface area (Å²) in [6.45, 7) is -0.478. The van der Waals surface area contributed by atoms with E-state index in [1.54, 1.807) is 0 Å². The smallest absolute Gasteiger partial charge is 0.389 e. The summed E-state index contributed by atoms with van der Waals surface area (Å²) in [6, 6.07) is 1.11. The number of nitrogens with zero attached hydrogens (tertiary/aromatic N) is 3. The van der Waals surface area contributed by atoms with Crippen molar-refractivity contribution in [3.8, 4) is 0 Å². The molecule has 0 fully saturated rings. The molecule has 1 aromatic heterocycles. The van der Waals surface area contributed by atoms with Crippen LogP contribution in [0.5, 0.6) is 0 Å². The van der Waals surface area contributed by atoms with Crippen LogP contribution in [0.25, 0.3) is 0 Å². The van der Waals surface area contributed by atoms with Crippen LogP contribution in [0.2, 0.25) is 0 Å². The third-order valence-electron chi connectivity index (χ3n) is 1.10. The molecule has 0 N–H and O–H groups in total. The fourth-order valence-electron chi connectivity index (χ4n) is 0.669. The summed E-state index contributed by atoms with van der Waals surface area (Å²) in [5.41, 5.74) is 0. The second-order valence-electron chi connectivity index (χ2n) is 2.00. The van der Waals surface area contributed by atoms with Gasteiger partial charge in [-0.15, -0.1) is 0 Å². The van der Waals surface area contributed by atoms with Gasteiger partial charge in [0, 0.05) is 0 Å². The maximum atomic E-state index is 10.1. The van der Waals surface area contributed by atoms with Gasteiger partial charge in [-0.2, -0.15) is 4.68 Å². The van der Waals surface area contributed by atoms with E-state index in [-0.39, 0.29) is 5.82 Å². The van der Waals surface area contributed by atoms with Gasteiger partial charge in [-0.3, -0.25) is 0 Å². The van der Waals surface area contributed by atoms with Gasteiger partial charge < -0.3 is 20.0 Å². The van der Waals surface area contributed by atoms with E-state index in [0.717, 1.165) is 10.7 Å². The summed E-state index contributed by atoms with van der Waals surface area (Å²) in [5.74, 6) is -1.72. The summed E-state index contributed by atoms with van der Waals surface area (Å²) >= 11 is 0. The Morgan fingerprint density at radius 2 is 2.42 bits per heavy atom. The third-order valence-corrected chi connectivity index (χ3v) is 1.10. The van der Waals surface area contributed by atoms with E-state index in [0.29, 0.717) is 0 Å². The molecule has 0 radical (unpaired) electrons. The average Bonchev–Trinajstić information content (AvgIpc) is 2.34. The zero-order valence-corrected chi connectivity index (χ0v) is 5.84. The van der Waals surface area contributed by atoms with Crippen molar-refractivity contribution in [3.05, 3.63) is 22.4 Å². The monoisotopic (exact) mass is 170 g/mol. The van der Waals surface area contributed by atoms with Crippen molar-refractivity contribution < 1.29 is 14.8 Å². The number of hydrogen-bond acceptors (Lipinski definition) is 5. The maximum absolute atomic E-state index is 10.1. The van der Waals surface area contributed by atoms with Crippen molar-refractivity contribution >= 4 is 11.8 Å². The Balaban J connectivity index is 2.77. The predicted octanol–water partition coefficient (Wildman–Crippen LogP) is -1.46. The summed E-state index contributed by atoms with van der Waals surface area (Å²) in [6.07, 6.45) is 1.20. The number of carboxylic acid groups (broad SMARTS) is 1. The Morgan fingerprint density at radius 1 is 1.75 bits per heavy atom. The molecule has 64 valence electrons. The number of carboxylic acids is 1. The highest BCUT2D eigenvalue weighted by Gasteiger charge is 2.09. The SMILES string of the molecule is O=C([O-])Cn1ccc([N+](=O)[O-])n1. The van der Waals surface area contributed by atoms with Crippen LogP contribution in [0.15, 0.2) is 12.3 Å². The van der Waals surface area contributed by atoms with Crippen molar-refractivity contribution in [3.63, 3.8) is 0 Å². The van der Waals surface area contributed by atoms with E-state index < -0.39 is 17.4 Å². The molecule has 0 amide bonds. The lowest BCUT2D eigenvalue weighted by Crippen LogP contribution is -2.27. The standard InChI is InChI=1S/C5H5N3O4/c9-5(10)3-7-2-1-4(6-7)8(11)12/h1-2H,3H2,(H,9,10)/p-1. The molecule has 0 saturated heterocycles. The molecule has 0 aromatic carbocycles. The van der Waals surface area contributed by atoms with Crippen molar-refractivity contribution in [1.29, 1.82) is 0 Å². The Labute approximate surface area is 66.4 Å². The Morgan fingerprint density at radius 3 is 2.83 bits per heavy atom. The normalized spacial score (nSPS) is 9.67. The molecule has 0 saturated carbocycles. The van der Waals surface area contributed by atoms with Crippen LogP contribution >= 0.6 is 0 Å². The molecule has 7 heteroatoms. The molecular formula is C5H4N3O4-. The summed E-state index contributed by atoms with van der Waals surface area (Å²) in [4.78, 5) is 19.4. The lowest BCUT2D eigenvalue weighted by molar-refractivity contribution is -0.389. The van der Waals surface area contributed by atoms with Crippen LogP contribution in [0.4, 0.5) is 5.82 Å². The first-order chi connectivity index (χ1) is 5.59. The third kappa shape index (κ3) is 1.78. The second-order valence-corrected chi connectivity index (χ2v) is 2.00.